The number of ether oxygens (including phenoxy) is 2. The van der Waals surface area contributed by atoms with Gasteiger partial charge in [0.05, 0.1) is 25.0 Å². The first-order chi connectivity index (χ1) is 15.1. The fourth-order valence-electron chi connectivity index (χ4n) is 3.31. The molecular weight excluding hydrogens is 412 g/mol. The van der Waals surface area contributed by atoms with Crippen LogP contribution in [-0.2, 0) is 0 Å². The molecule has 0 unspecified atom stereocenters. The van der Waals surface area contributed by atoms with Gasteiger partial charge in [-0.15, -0.1) is 0 Å². The lowest BCUT2D eigenvalue weighted by molar-refractivity contribution is 0.0957. The monoisotopic (exact) mass is 438 g/mol. The number of unbranched alkanes of at least 4 members (excludes halogenated alkanes) is 3. The molecule has 0 heterocycles. The minimum absolute atomic E-state index is 0.279. The Balaban J connectivity index is 1.67. The molecule has 31 heavy (non-hydrogen) atoms. The summed E-state index contributed by atoms with van der Waals surface area (Å²) in [5.41, 5.74) is 3.84. The van der Waals surface area contributed by atoms with Crippen LogP contribution in [0.4, 0.5) is 0 Å². The Labute approximate surface area is 188 Å². The zero-order chi connectivity index (χ0) is 22.1. The number of methoxy groups -OCH3 is 1. The summed E-state index contributed by atoms with van der Waals surface area (Å²) in [5.74, 6) is 0.778. The number of carbonyl (C=O) groups is 1. The van der Waals surface area contributed by atoms with Crippen LogP contribution in [0.2, 0.25) is 5.02 Å². The minimum Gasteiger partial charge on any atom is -0.493 e. The third kappa shape index (κ3) is 5.98. The summed E-state index contributed by atoms with van der Waals surface area (Å²) in [6, 6.07) is 16.8. The number of hydrogen-bond donors (Lipinski definition) is 1. The van der Waals surface area contributed by atoms with Gasteiger partial charge in [-0.25, -0.2) is 5.43 Å². The van der Waals surface area contributed by atoms with Crippen LogP contribution in [0.3, 0.4) is 0 Å². The van der Waals surface area contributed by atoms with Crippen LogP contribution in [-0.4, -0.2) is 25.8 Å². The highest BCUT2D eigenvalue weighted by molar-refractivity contribution is 6.32. The van der Waals surface area contributed by atoms with Crippen molar-refractivity contribution in [3.63, 3.8) is 0 Å². The molecule has 0 saturated heterocycles. The molecule has 0 aliphatic carbocycles. The fraction of sp³-hybridized carbons (Fsp3) is 0.280. The third-order valence-electron chi connectivity index (χ3n) is 4.91. The molecule has 3 aromatic rings. The zero-order valence-electron chi connectivity index (χ0n) is 17.9. The van der Waals surface area contributed by atoms with Gasteiger partial charge < -0.3 is 9.47 Å². The van der Waals surface area contributed by atoms with E-state index in [9.17, 15) is 4.79 Å². The molecule has 3 rings (SSSR count). The number of carbonyl (C=O) groups excluding carboxylic acids is 1. The van der Waals surface area contributed by atoms with Crippen molar-refractivity contribution < 1.29 is 14.3 Å². The van der Waals surface area contributed by atoms with E-state index in [-0.39, 0.29) is 5.91 Å². The van der Waals surface area contributed by atoms with E-state index >= 15 is 0 Å². The van der Waals surface area contributed by atoms with E-state index in [1.54, 1.807) is 25.3 Å². The maximum atomic E-state index is 12.6. The smallest absolute Gasteiger partial charge is 0.271 e. The van der Waals surface area contributed by atoms with E-state index in [1.807, 2.05) is 36.4 Å². The number of fused-ring (bicyclic) bond motifs is 1. The van der Waals surface area contributed by atoms with Gasteiger partial charge in [-0.3, -0.25) is 4.79 Å². The first kappa shape index (κ1) is 22.6. The Morgan fingerprint density at radius 1 is 1.10 bits per heavy atom. The molecule has 1 N–H and O–H groups in total. The summed E-state index contributed by atoms with van der Waals surface area (Å²) < 4.78 is 11.3. The number of amides is 1. The second-order valence-electron chi connectivity index (χ2n) is 7.17. The molecule has 0 radical (unpaired) electrons. The highest BCUT2D eigenvalue weighted by Crippen LogP contribution is 2.36. The molecule has 0 spiro atoms. The lowest BCUT2D eigenvalue weighted by atomic mass is 10.0. The predicted molar refractivity (Wildman–Crippen MR) is 127 cm³/mol. The van der Waals surface area contributed by atoms with E-state index in [0.717, 1.165) is 23.6 Å². The molecule has 0 aliphatic heterocycles. The zero-order valence-corrected chi connectivity index (χ0v) is 18.6. The van der Waals surface area contributed by atoms with Crippen molar-refractivity contribution in [2.75, 3.05) is 13.7 Å². The minimum atomic E-state index is -0.279. The van der Waals surface area contributed by atoms with Crippen LogP contribution in [0, 0.1) is 0 Å². The summed E-state index contributed by atoms with van der Waals surface area (Å²) in [4.78, 5) is 12.6. The molecule has 5 nitrogen and oxygen atoms in total. The molecule has 3 aromatic carbocycles. The van der Waals surface area contributed by atoms with Crippen molar-refractivity contribution in [1.82, 2.24) is 5.43 Å². The summed E-state index contributed by atoms with van der Waals surface area (Å²) >= 11 is 6.40. The average Bonchev–Trinajstić information content (AvgIpc) is 2.79. The lowest BCUT2D eigenvalue weighted by Gasteiger charge is -2.13. The summed E-state index contributed by atoms with van der Waals surface area (Å²) in [6.45, 7) is 2.76. The third-order valence-corrected chi connectivity index (χ3v) is 5.19. The van der Waals surface area contributed by atoms with E-state index in [1.165, 1.54) is 19.1 Å². The highest BCUT2D eigenvalue weighted by Gasteiger charge is 2.12. The van der Waals surface area contributed by atoms with Crippen molar-refractivity contribution in [2.24, 2.45) is 5.10 Å². The summed E-state index contributed by atoms with van der Waals surface area (Å²) in [6.07, 6.45) is 5.99. The second kappa shape index (κ2) is 11.4. The van der Waals surface area contributed by atoms with Gasteiger partial charge in [0.25, 0.3) is 5.91 Å². The molecule has 0 saturated carbocycles. The Bertz CT molecular complexity index is 1060. The summed E-state index contributed by atoms with van der Waals surface area (Å²) in [5, 5.41) is 6.41. The van der Waals surface area contributed by atoms with Crippen LogP contribution < -0.4 is 14.9 Å². The first-order valence-corrected chi connectivity index (χ1v) is 10.8. The van der Waals surface area contributed by atoms with Gasteiger partial charge in [-0.05, 0) is 41.0 Å². The summed E-state index contributed by atoms with van der Waals surface area (Å²) in [7, 11) is 1.57. The van der Waals surface area contributed by atoms with Crippen LogP contribution in [0.1, 0.15) is 48.5 Å². The fourth-order valence-corrected chi connectivity index (χ4v) is 3.58. The van der Waals surface area contributed by atoms with Gasteiger partial charge in [-0.1, -0.05) is 74.2 Å². The van der Waals surface area contributed by atoms with Gasteiger partial charge in [0.2, 0.25) is 0 Å². The predicted octanol–water partition coefficient (Wildman–Crippen LogP) is 6.22. The normalized spacial score (nSPS) is 11.1. The van der Waals surface area contributed by atoms with Gasteiger partial charge in [0.1, 0.15) is 0 Å². The van der Waals surface area contributed by atoms with Crippen molar-refractivity contribution >= 4 is 34.5 Å². The van der Waals surface area contributed by atoms with E-state index < -0.39 is 0 Å². The SMILES string of the molecule is CCCCCCOc1c(Cl)cc(/C=N/NC(=O)c2cccc3ccccc23)cc1OC. The molecule has 162 valence electrons. The van der Waals surface area contributed by atoms with Crippen LogP contribution in [0.25, 0.3) is 10.8 Å². The molecule has 6 heteroatoms. The number of benzene rings is 3. The van der Waals surface area contributed by atoms with Gasteiger partial charge in [0, 0.05) is 5.56 Å². The molecule has 0 aromatic heterocycles. The molecule has 0 aliphatic rings. The van der Waals surface area contributed by atoms with Crippen molar-refractivity contribution in [2.45, 2.75) is 32.6 Å². The van der Waals surface area contributed by atoms with Crippen molar-refractivity contribution in [3.05, 3.63) is 70.7 Å². The highest BCUT2D eigenvalue weighted by atomic mass is 35.5. The number of nitrogens with one attached hydrogen (secondary N) is 1. The van der Waals surface area contributed by atoms with Crippen LogP contribution in [0.5, 0.6) is 11.5 Å². The van der Waals surface area contributed by atoms with Gasteiger partial charge >= 0.3 is 0 Å². The number of halogens is 1. The molecule has 0 bridgehead atoms. The van der Waals surface area contributed by atoms with Crippen molar-refractivity contribution in [1.29, 1.82) is 0 Å². The number of hydrogen-bond acceptors (Lipinski definition) is 4. The molecular formula is C25H27ClN2O3. The number of rotatable bonds is 10. The second-order valence-corrected chi connectivity index (χ2v) is 7.58. The quantitative estimate of drug-likeness (QED) is 0.232. The van der Waals surface area contributed by atoms with E-state index in [4.69, 9.17) is 21.1 Å². The number of hydrazone groups is 1. The Kier molecular flexibility index (Phi) is 8.30. The lowest BCUT2D eigenvalue weighted by Crippen LogP contribution is -2.17. The van der Waals surface area contributed by atoms with E-state index in [2.05, 4.69) is 17.5 Å². The maximum absolute atomic E-state index is 12.6. The standard InChI is InChI=1S/C25H27ClN2O3/c1-3-4-5-8-14-31-24-22(26)15-18(16-23(24)30-2)17-27-28-25(29)21-13-9-11-19-10-6-7-12-20(19)21/h6-7,9-13,15-17H,3-5,8,14H2,1-2H3,(H,28,29)/b27-17+. The topological polar surface area (TPSA) is 59.9 Å². The Morgan fingerprint density at radius 2 is 1.90 bits per heavy atom. The van der Waals surface area contributed by atoms with Crippen LogP contribution >= 0.6 is 11.6 Å². The van der Waals surface area contributed by atoms with Gasteiger partial charge in [-0.2, -0.15) is 5.10 Å². The molecule has 0 fully saturated rings. The van der Waals surface area contributed by atoms with Gasteiger partial charge in [0.15, 0.2) is 11.5 Å². The Hall–Kier alpha value is -3.05. The van der Waals surface area contributed by atoms with E-state index in [0.29, 0.717) is 34.3 Å². The average molecular weight is 439 g/mol. The maximum Gasteiger partial charge on any atom is 0.271 e. The van der Waals surface area contributed by atoms with Crippen molar-refractivity contribution in [3.8, 4) is 11.5 Å². The molecule has 1 amide bonds. The first-order valence-electron chi connectivity index (χ1n) is 10.5. The largest absolute Gasteiger partial charge is 0.493 e. The Morgan fingerprint density at radius 3 is 2.71 bits per heavy atom. The number of nitrogens with zero attached hydrogens (tertiary/aromatic N) is 1. The molecule has 0 atom stereocenters. The van der Waals surface area contributed by atoms with Crippen LogP contribution in [0.15, 0.2) is 59.7 Å².